The van der Waals surface area contributed by atoms with Gasteiger partial charge in [-0.15, -0.1) is 0 Å². The van der Waals surface area contributed by atoms with Crippen molar-refractivity contribution in [1.82, 2.24) is 0 Å². The van der Waals surface area contributed by atoms with Crippen LogP contribution in [0.4, 0.5) is 0 Å². The molecule has 0 aromatic rings. The molecule has 1 heteroatoms. The smallest absolute Gasteiger partial charge is 0.308 e. The molecule has 0 heterocycles. The first-order valence-electron chi connectivity index (χ1n) is 12.4. The second-order valence-corrected chi connectivity index (χ2v) is 11.8. The van der Waals surface area contributed by atoms with Crippen LogP contribution in [0.2, 0.25) is 0 Å². The molecule has 6 bridgehead atoms. The summed E-state index contributed by atoms with van der Waals surface area (Å²) in [5.41, 5.74) is 0. The SMILES string of the molecule is CC1CC2C[C-]1C(C)C2.CC1CC2C[C-]1C(C)C2.CC1CC2C[C-]1C(C)C2.[Cr+3]. The van der Waals surface area contributed by atoms with Crippen LogP contribution in [-0.4, -0.2) is 0 Å². The molecule has 0 amide bonds. The summed E-state index contributed by atoms with van der Waals surface area (Å²) in [4.78, 5) is 0. The fourth-order valence-electron chi connectivity index (χ4n) is 8.36. The Morgan fingerprint density at radius 2 is 0.571 bits per heavy atom. The zero-order valence-electron chi connectivity index (χ0n) is 19.5. The maximum atomic E-state index is 2.39. The van der Waals surface area contributed by atoms with Crippen LogP contribution >= 0.6 is 0 Å². The van der Waals surface area contributed by atoms with Crippen LogP contribution < -0.4 is 0 Å². The van der Waals surface area contributed by atoms with E-state index in [-0.39, 0.29) is 17.4 Å². The Bertz CT molecular complexity index is 393. The Morgan fingerprint density at radius 3 is 0.643 bits per heavy atom. The molecular weight excluding hydrogens is 376 g/mol. The van der Waals surface area contributed by atoms with Crippen molar-refractivity contribution in [2.45, 2.75) is 99.3 Å². The molecule has 6 rings (SSSR count). The van der Waals surface area contributed by atoms with Crippen LogP contribution in [0.3, 0.4) is 0 Å². The largest absolute Gasteiger partial charge is 3.00 e. The minimum atomic E-state index is 0. The predicted octanol–water partition coefficient (Wildman–Crippen LogP) is 7.94. The van der Waals surface area contributed by atoms with Crippen molar-refractivity contribution in [2.75, 3.05) is 0 Å². The molecule has 0 nitrogen and oxygen atoms in total. The molecule has 6 saturated carbocycles. The van der Waals surface area contributed by atoms with Gasteiger partial charge in [0.25, 0.3) is 0 Å². The first-order valence-corrected chi connectivity index (χ1v) is 12.4. The van der Waals surface area contributed by atoms with Crippen LogP contribution in [0.25, 0.3) is 0 Å². The molecule has 0 spiro atoms. The quantitative estimate of drug-likeness (QED) is 0.348. The first-order chi connectivity index (χ1) is 12.8. The molecule has 159 valence electrons. The van der Waals surface area contributed by atoms with Gasteiger partial charge in [0.15, 0.2) is 0 Å². The van der Waals surface area contributed by atoms with Gasteiger partial charge >= 0.3 is 17.4 Å². The summed E-state index contributed by atoms with van der Waals surface area (Å²) in [6.45, 7) is 14.4. The van der Waals surface area contributed by atoms with Gasteiger partial charge in [0.2, 0.25) is 0 Å². The van der Waals surface area contributed by atoms with Gasteiger partial charge < -0.3 is 17.8 Å². The summed E-state index contributed by atoms with van der Waals surface area (Å²) < 4.78 is 0. The van der Waals surface area contributed by atoms with Gasteiger partial charge in [0, 0.05) is 0 Å². The van der Waals surface area contributed by atoms with E-state index in [0.717, 1.165) is 53.3 Å². The monoisotopic (exact) mass is 421 g/mol. The Hall–Kier alpha value is 0.532. The van der Waals surface area contributed by atoms with Crippen molar-refractivity contribution in [1.29, 1.82) is 0 Å². The number of hydrogen-bond donors (Lipinski definition) is 0. The van der Waals surface area contributed by atoms with Crippen molar-refractivity contribution in [2.24, 2.45) is 53.3 Å². The zero-order valence-corrected chi connectivity index (χ0v) is 20.7. The van der Waals surface area contributed by atoms with E-state index in [2.05, 4.69) is 41.5 Å². The third-order valence-corrected chi connectivity index (χ3v) is 9.49. The number of rotatable bonds is 0. The van der Waals surface area contributed by atoms with Crippen molar-refractivity contribution >= 4 is 0 Å². The summed E-state index contributed by atoms with van der Waals surface area (Å²) in [5.74, 6) is 14.7. The normalized spacial score (nSPS) is 48.9. The van der Waals surface area contributed by atoms with Crippen LogP contribution in [0, 0.1) is 71.0 Å². The molecular formula is C27H45Cr. The minimum absolute atomic E-state index is 0. The fraction of sp³-hybridized carbons (Fsp3) is 0.889. The maximum Gasteiger partial charge on any atom is 3.00 e. The van der Waals surface area contributed by atoms with E-state index in [9.17, 15) is 0 Å². The number of fused-ring (bicyclic) bond motifs is 6. The predicted molar refractivity (Wildman–Crippen MR) is 117 cm³/mol. The summed E-state index contributed by atoms with van der Waals surface area (Å²) >= 11 is 0. The molecule has 0 aliphatic heterocycles. The van der Waals surface area contributed by atoms with E-state index in [4.69, 9.17) is 0 Å². The average Bonchev–Trinajstić information content (AvgIpc) is 3.37. The van der Waals surface area contributed by atoms with Gasteiger partial charge in [-0.1, -0.05) is 97.8 Å². The fourth-order valence-corrected chi connectivity index (χ4v) is 8.36. The van der Waals surface area contributed by atoms with E-state index >= 15 is 0 Å². The standard InChI is InChI=1S/3C9H15.Cr/c3*1-6-3-8-4-7(2)9(6)5-8;/h3*6-8H,3-5H2,1-2H3;/q3*-1;+3. The van der Waals surface area contributed by atoms with Gasteiger partial charge in [-0.05, 0) is 0 Å². The second kappa shape index (κ2) is 9.35. The van der Waals surface area contributed by atoms with Crippen molar-refractivity contribution < 1.29 is 17.4 Å². The molecule has 0 aromatic carbocycles. The Kier molecular flexibility index (Phi) is 7.75. The molecule has 6 atom stereocenters. The minimum Gasteiger partial charge on any atom is -0.308 e. The first kappa shape index (κ1) is 23.2. The molecule has 6 aliphatic carbocycles. The van der Waals surface area contributed by atoms with Crippen LogP contribution in [0.15, 0.2) is 0 Å². The average molecular weight is 422 g/mol. The van der Waals surface area contributed by atoms with E-state index in [1.54, 1.807) is 0 Å². The van der Waals surface area contributed by atoms with Crippen molar-refractivity contribution in [3.05, 3.63) is 17.8 Å². The van der Waals surface area contributed by atoms with Crippen LogP contribution in [0.1, 0.15) is 99.3 Å². The van der Waals surface area contributed by atoms with Crippen molar-refractivity contribution in [3.8, 4) is 0 Å². The van der Waals surface area contributed by atoms with Gasteiger partial charge in [-0.2, -0.15) is 54.8 Å². The maximum absolute atomic E-state index is 2.39. The second-order valence-electron chi connectivity index (χ2n) is 11.8. The zero-order chi connectivity index (χ0) is 19.3. The summed E-state index contributed by atoms with van der Waals surface area (Å²) in [6, 6.07) is 0. The van der Waals surface area contributed by atoms with E-state index in [0.29, 0.717) is 0 Å². The molecule has 6 unspecified atom stereocenters. The third kappa shape index (κ3) is 4.72. The summed E-state index contributed by atoms with van der Waals surface area (Å²) in [7, 11) is 0. The molecule has 0 saturated heterocycles. The van der Waals surface area contributed by atoms with E-state index in [1.807, 2.05) is 17.8 Å². The Morgan fingerprint density at radius 1 is 0.393 bits per heavy atom. The topological polar surface area (TPSA) is 0 Å². The van der Waals surface area contributed by atoms with E-state index in [1.165, 1.54) is 57.8 Å². The van der Waals surface area contributed by atoms with Gasteiger partial charge in [-0.3, -0.25) is 0 Å². The molecule has 0 aromatic heterocycles. The van der Waals surface area contributed by atoms with E-state index < -0.39 is 0 Å². The summed E-state index contributed by atoms with van der Waals surface area (Å²) in [5, 5.41) is 0. The van der Waals surface area contributed by atoms with Gasteiger partial charge in [0.05, 0.1) is 0 Å². The molecule has 28 heavy (non-hydrogen) atoms. The van der Waals surface area contributed by atoms with Gasteiger partial charge in [-0.25, -0.2) is 0 Å². The third-order valence-electron chi connectivity index (χ3n) is 9.49. The van der Waals surface area contributed by atoms with Crippen LogP contribution in [-0.2, 0) is 17.4 Å². The molecule has 6 fully saturated rings. The van der Waals surface area contributed by atoms with Crippen LogP contribution in [0.5, 0.6) is 0 Å². The Balaban J connectivity index is 0.000000118. The van der Waals surface area contributed by atoms with Crippen molar-refractivity contribution in [3.63, 3.8) is 0 Å². The molecule has 0 N–H and O–H groups in total. The van der Waals surface area contributed by atoms with Gasteiger partial charge in [0.1, 0.15) is 0 Å². The summed E-state index contributed by atoms with van der Waals surface area (Å²) in [6.07, 6.45) is 13.4. The molecule has 1 radical (unpaired) electrons. The molecule has 6 aliphatic rings. The number of hydrogen-bond acceptors (Lipinski definition) is 0. The Labute approximate surface area is 187 Å².